The third-order valence-corrected chi connectivity index (χ3v) is 17.4. The first-order valence-corrected chi connectivity index (χ1v) is 41.1. The Hall–Kier alpha value is -4.57. The molecule has 566 valence electrons. The molecule has 0 bridgehead atoms. The number of aliphatic hydroxyl groups is 2. The van der Waals surface area contributed by atoms with Crippen LogP contribution in [0.15, 0.2) is 146 Å². The highest BCUT2D eigenvalue weighted by Crippen LogP contribution is 2.45. The van der Waals surface area contributed by atoms with Crippen molar-refractivity contribution in [2.45, 2.75) is 309 Å². The second kappa shape index (κ2) is 73.2. The summed E-state index contributed by atoms with van der Waals surface area (Å²) in [5.74, 6) is -1.61. The molecule has 5 atom stereocenters. The topological polar surface area (TPSA) is 231 Å². The molecule has 0 aromatic heterocycles. The van der Waals surface area contributed by atoms with Crippen LogP contribution in [-0.4, -0.2) is 95.9 Å². The molecule has 4 N–H and O–H groups in total. The zero-order chi connectivity index (χ0) is 72.3. The zero-order valence-corrected chi connectivity index (χ0v) is 63.4. The van der Waals surface area contributed by atoms with Crippen molar-refractivity contribution in [1.29, 1.82) is 0 Å². The van der Waals surface area contributed by atoms with Gasteiger partial charge in [0.05, 0.1) is 26.4 Å². The number of phosphoric ester groups is 2. The van der Waals surface area contributed by atoms with Crippen LogP contribution in [0.4, 0.5) is 0 Å². The summed E-state index contributed by atoms with van der Waals surface area (Å²) >= 11 is 0. The molecular weight excluding hydrogens is 1290 g/mol. The molecule has 0 aliphatic carbocycles. The number of phosphoric acid groups is 2. The highest BCUT2D eigenvalue weighted by atomic mass is 31.2. The second-order valence-electron chi connectivity index (χ2n) is 25.0. The Labute approximate surface area is 600 Å². The van der Waals surface area contributed by atoms with E-state index in [0.717, 1.165) is 173 Å². The van der Waals surface area contributed by atoms with E-state index >= 15 is 0 Å². The van der Waals surface area contributed by atoms with Crippen molar-refractivity contribution >= 4 is 33.6 Å². The number of allylic oxidation sites excluding steroid dienone is 24. The first kappa shape index (κ1) is 94.4. The first-order chi connectivity index (χ1) is 48.2. The van der Waals surface area contributed by atoms with Crippen molar-refractivity contribution < 1.29 is 75.8 Å². The molecule has 0 spiro atoms. The van der Waals surface area contributed by atoms with Gasteiger partial charge in [0, 0.05) is 19.3 Å². The number of unbranched alkanes of at least 4 members (excludes halogenated alkanes) is 24. The normalized spacial score (nSPS) is 14.9. The van der Waals surface area contributed by atoms with Gasteiger partial charge >= 0.3 is 33.6 Å². The maximum atomic E-state index is 12.9. The van der Waals surface area contributed by atoms with Crippen LogP contribution in [-0.2, 0) is 55.8 Å². The molecule has 0 fully saturated rings. The number of hydrogen-bond acceptors (Lipinski definition) is 14. The molecule has 99 heavy (non-hydrogen) atoms. The standard InChI is InChI=1S/C81H136O16P2/c1-4-7-10-13-16-19-22-25-28-30-32-33-34-35-36-37-38-39-40-41-43-45-47-49-52-55-58-61-64-67-79(84)91-70-76(82)71-93-98(87,88)94-72-77(83)73-95-99(89,90)96-75-78(97-81(86)69-66-63-60-57-54-51-46-27-24-21-18-15-12-9-6-3)74-92-80(85)68-65-62-59-56-53-50-48-44-42-31-29-26-23-20-17-14-11-8-5-2/h7-12,16-21,25-29,32-33,35-36,42,44,46,76-78,82-83H,4-6,13-15,22-24,30-31,34,37-41,43,45,47-75H2,1-3H3,(H,87,88)(H,89,90)/b10-7-,11-8-,12-9-,19-16-,20-17-,21-18-,28-25-,29-26-,33-32-,36-35-,44-42-,46-27-. The lowest BCUT2D eigenvalue weighted by atomic mass is 10.0. The molecule has 0 aromatic rings. The Balaban J connectivity index is 4.54. The predicted molar refractivity (Wildman–Crippen MR) is 408 cm³/mol. The molecule has 5 unspecified atom stereocenters. The van der Waals surface area contributed by atoms with E-state index in [1.54, 1.807) is 0 Å². The summed E-state index contributed by atoms with van der Waals surface area (Å²) in [6, 6.07) is 0. The van der Waals surface area contributed by atoms with Gasteiger partial charge in [0.15, 0.2) is 6.10 Å². The summed E-state index contributed by atoms with van der Waals surface area (Å²) in [6.07, 6.45) is 89.0. The molecule has 0 saturated carbocycles. The molecule has 16 nitrogen and oxygen atoms in total. The number of aliphatic hydroxyl groups excluding tert-OH is 2. The lowest BCUT2D eigenvalue weighted by Crippen LogP contribution is -2.30. The monoisotopic (exact) mass is 1430 g/mol. The van der Waals surface area contributed by atoms with Gasteiger partial charge in [0.2, 0.25) is 0 Å². The minimum Gasteiger partial charge on any atom is -0.463 e. The van der Waals surface area contributed by atoms with Crippen LogP contribution in [0.3, 0.4) is 0 Å². The summed E-state index contributed by atoms with van der Waals surface area (Å²) in [5, 5.41) is 20.6. The Bertz CT molecular complexity index is 2380. The van der Waals surface area contributed by atoms with Crippen molar-refractivity contribution in [3.63, 3.8) is 0 Å². The van der Waals surface area contributed by atoms with Crippen molar-refractivity contribution in [2.24, 2.45) is 0 Å². The van der Waals surface area contributed by atoms with Gasteiger partial charge in [0.25, 0.3) is 0 Å². The van der Waals surface area contributed by atoms with Gasteiger partial charge in [-0.2, -0.15) is 0 Å². The fourth-order valence-electron chi connectivity index (χ4n) is 9.84. The fraction of sp³-hybridized carbons (Fsp3) is 0.667. The minimum atomic E-state index is -4.94. The quantitative estimate of drug-likeness (QED) is 0.0146. The molecule has 0 aromatic carbocycles. The number of rotatable bonds is 71. The van der Waals surface area contributed by atoms with E-state index in [9.17, 15) is 43.5 Å². The molecule has 0 aliphatic heterocycles. The fourth-order valence-corrected chi connectivity index (χ4v) is 11.4. The van der Waals surface area contributed by atoms with Crippen LogP contribution in [0.25, 0.3) is 0 Å². The van der Waals surface area contributed by atoms with Crippen LogP contribution in [0, 0.1) is 0 Å². The minimum absolute atomic E-state index is 0.0780. The van der Waals surface area contributed by atoms with Gasteiger partial charge in [-0.05, 0) is 135 Å². The molecule has 0 aliphatic rings. The van der Waals surface area contributed by atoms with E-state index in [2.05, 4.69) is 167 Å². The third-order valence-electron chi connectivity index (χ3n) is 15.5. The molecule has 0 rings (SSSR count). The Kier molecular flexibility index (Phi) is 69.8. The lowest BCUT2D eigenvalue weighted by Gasteiger charge is -2.21. The van der Waals surface area contributed by atoms with E-state index in [-0.39, 0.29) is 19.3 Å². The molecule has 0 radical (unpaired) electrons. The first-order valence-electron chi connectivity index (χ1n) is 38.1. The number of esters is 3. The SMILES string of the molecule is CC/C=C\C/C=C\C/C=C\C/C=C\C/C=C\CCCCCCCCCCCCCCCC(=O)OCC(O)COP(=O)(O)OCC(O)COP(=O)(O)OCC(COC(=O)CCCCCCCC/C=C\C/C=C\C/C=C\C/C=C\CC)OC(=O)CCCCCCC/C=C\C/C=C\C/C=C\CC. The zero-order valence-electron chi connectivity index (χ0n) is 61.6. The maximum absolute atomic E-state index is 12.9. The smallest absolute Gasteiger partial charge is 0.463 e. The van der Waals surface area contributed by atoms with Crippen molar-refractivity contribution in [1.82, 2.24) is 0 Å². The van der Waals surface area contributed by atoms with Crippen molar-refractivity contribution in [3.05, 3.63) is 146 Å². The molecule has 0 saturated heterocycles. The molecule has 18 heteroatoms. The summed E-state index contributed by atoms with van der Waals surface area (Å²) in [5.41, 5.74) is 0. The van der Waals surface area contributed by atoms with Crippen LogP contribution >= 0.6 is 15.6 Å². The van der Waals surface area contributed by atoms with E-state index in [1.165, 1.54) is 57.8 Å². The van der Waals surface area contributed by atoms with Gasteiger partial charge in [0.1, 0.15) is 25.4 Å². The predicted octanol–water partition coefficient (Wildman–Crippen LogP) is 22.1. The van der Waals surface area contributed by atoms with Crippen LogP contribution in [0.2, 0.25) is 0 Å². The van der Waals surface area contributed by atoms with E-state index in [4.69, 9.17) is 32.3 Å². The largest absolute Gasteiger partial charge is 0.472 e. The number of carbonyl (C=O) groups excluding carboxylic acids is 3. The van der Waals surface area contributed by atoms with Gasteiger partial charge in [-0.15, -0.1) is 0 Å². The Morgan fingerprint density at radius 2 is 0.505 bits per heavy atom. The molecule has 0 heterocycles. The lowest BCUT2D eigenvalue weighted by molar-refractivity contribution is -0.161. The van der Waals surface area contributed by atoms with Crippen LogP contribution < -0.4 is 0 Å². The summed E-state index contributed by atoms with van der Waals surface area (Å²) in [4.78, 5) is 58.6. The summed E-state index contributed by atoms with van der Waals surface area (Å²) in [6.45, 7) is 2.30. The third kappa shape index (κ3) is 74.4. The van der Waals surface area contributed by atoms with Gasteiger partial charge in [-0.3, -0.25) is 32.5 Å². The average Bonchev–Trinajstić information content (AvgIpc) is 1.73. The van der Waals surface area contributed by atoms with Crippen molar-refractivity contribution in [3.8, 4) is 0 Å². The number of hydrogen-bond donors (Lipinski definition) is 4. The highest BCUT2D eigenvalue weighted by Gasteiger charge is 2.29. The van der Waals surface area contributed by atoms with E-state index in [1.807, 2.05) is 0 Å². The second-order valence-corrected chi connectivity index (χ2v) is 27.9. The summed E-state index contributed by atoms with van der Waals surface area (Å²) in [7, 11) is -9.80. The average molecular weight is 1430 g/mol. The van der Waals surface area contributed by atoms with E-state index in [0.29, 0.717) is 19.3 Å². The van der Waals surface area contributed by atoms with Crippen LogP contribution in [0.1, 0.15) is 290 Å². The maximum Gasteiger partial charge on any atom is 0.472 e. The van der Waals surface area contributed by atoms with Gasteiger partial charge in [-0.25, -0.2) is 9.13 Å². The molecule has 0 amide bonds. The number of ether oxygens (including phenoxy) is 3. The van der Waals surface area contributed by atoms with Crippen molar-refractivity contribution in [2.75, 3.05) is 39.6 Å². The molecular formula is C81H136O16P2. The highest BCUT2D eigenvalue weighted by molar-refractivity contribution is 7.47. The van der Waals surface area contributed by atoms with E-state index < -0.39 is 91.5 Å². The van der Waals surface area contributed by atoms with Crippen LogP contribution in [0.5, 0.6) is 0 Å². The Morgan fingerprint density at radius 1 is 0.283 bits per heavy atom. The Morgan fingerprint density at radius 3 is 0.798 bits per heavy atom. The summed E-state index contributed by atoms with van der Waals surface area (Å²) < 4.78 is 61.1. The van der Waals surface area contributed by atoms with Gasteiger partial charge < -0.3 is 34.2 Å². The van der Waals surface area contributed by atoms with Gasteiger partial charge in [-0.1, -0.05) is 282 Å². The number of carbonyl (C=O) groups is 3.